The number of carbonyl (C=O) groups is 1. The van der Waals surface area contributed by atoms with Crippen LogP contribution in [0.3, 0.4) is 0 Å². The van der Waals surface area contributed by atoms with Crippen LogP contribution in [0.15, 0.2) is 47.4 Å². The summed E-state index contributed by atoms with van der Waals surface area (Å²) in [6.07, 6.45) is 0. The molecule has 0 unspecified atom stereocenters. The van der Waals surface area contributed by atoms with Gasteiger partial charge in [0, 0.05) is 20.1 Å². The second-order valence-corrected chi connectivity index (χ2v) is 8.92. The summed E-state index contributed by atoms with van der Waals surface area (Å²) >= 11 is 6.20. The number of benzene rings is 2. The molecule has 0 saturated heterocycles. The Kier molecular flexibility index (Phi) is 8.07. The van der Waals surface area contributed by atoms with E-state index in [2.05, 4.69) is 0 Å². The Morgan fingerprint density at radius 2 is 1.76 bits per heavy atom. The maximum atomic E-state index is 12.8. The lowest BCUT2D eigenvalue weighted by Gasteiger charge is -2.21. The summed E-state index contributed by atoms with van der Waals surface area (Å²) in [7, 11) is -2.05. The van der Waals surface area contributed by atoms with E-state index in [1.165, 1.54) is 27.4 Å². The predicted molar refractivity (Wildman–Crippen MR) is 115 cm³/mol. The predicted octanol–water partition coefficient (Wildman–Crippen LogP) is 3.83. The van der Waals surface area contributed by atoms with Crippen molar-refractivity contribution in [2.45, 2.75) is 25.7 Å². The zero-order valence-electron chi connectivity index (χ0n) is 17.2. The van der Waals surface area contributed by atoms with Gasteiger partial charge in [0.2, 0.25) is 10.0 Å². The lowest BCUT2D eigenvalue weighted by atomic mass is 10.2. The molecule has 0 aliphatic heterocycles. The summed E-state index contributed by atoms with van der Waals surface area (Å²) in [4.78, 5) is 14.4. The first-order valence-corrected chi connectivity index (χ1v) is 11.3. The van der Waals surface area contributed by atoms with E-state index in [0.29, 0.717) is 26.2 Å². The molecule has 0 fully saturated rings. The van der Waals surface area contributed by atoms with Gasteiger partial charge in [-0.1, -0.05) is 43.6 Å². The molecular formula is C21H27ClN2O4S. The fourth-order valence-corrected chi connectivity index (χ4v) is 4.54. The molecule has 0 aromatic heterocycles. The van der Waals surface area contributed by atoms with Crippen molar-refractivity contribution < 1.29 is 17.9 Å². The van der Waals surface area contributed by atoms with Gasteiger partial charge in [0.1, 0.15) is 12.4 Å². The number of hydrogen-bond donors (Lipinski definition) is 0. The highest BCUT2D eigenvalue weighted by Crippen LogP contribution is 2.24. The summed E-state index contributed by atoms with van der Waals surface area (Å²) in [5.41, 5.74) is 1.16. The molecule has 2 aromatic carbocycles. The van der Waals surface area contributed by atoms with Gasteiger partial charge in [0.05, 0.1) is 22.0 Å². The normalized spacial score (nSPS) is 11.5. The van der Waals surface area contributed by atoms with Crippen LogP contribution in [0.4, 0.5) is 0 Å². The maximum absolute atomic E-state index is 12.8. The van der Waals surface area contributed by atoms with Gasteiger partial charge in [-0.15, -0.1) is 0 Å². The molecule has 2 rings (SSSR count). The van der Waals surface area contributed by atoms with Crippen LogP contribution in [0.25, 0.3) is 0 Å². The number of rotatable bonds is 9. The fourth-order valence-electron chi connectivity index (χ4n) is 2.86. The van der Waals surface area contributed by atoms with Crippen LogP contribution in [-0.4, -0.2) is 56.8 Å². The van der Waals surface area contributed by atoms with Crippen LogP contribution in [0, 0.1) is 6.92 Å². The lowest BCUT2D eigenvalue weighted by molar-refractivity contribution is 0.0773. The van der Waals surface area contributed by atoms with Gasteiger partial charge in [-0.2, -0.15) is 4.31 Å². The summed E-state index contributed by atoms with van der Waals surface area (Å²) in [5, 5.41) is 0.208. The van der Waals surface area contributed by atoms with Crippen molar-refractivity contribution in [3.05, 3.63) is 58.6 Å². The molecule has 0 atom stereocenters. The van der Waals surface area contributed by atoms with Crippen molar-refractivity contribution in [3.63, 3.8) is 0 Å². The minimum absolute atomic E-state index is 0.0542. The smallest absolute Gasteiger partial charge is 0.255 e. The molecule has 8 heteroatoms. The monoisotopic (exact) mass is 438 g/mol. The van der Waals surface area contributed by atoms with Gasteiger partial charge < -0.3 is 9.64 Å². The van der Waals surface area contributed by atoms with Crippen LogP contribution in [0.2, 0.25) is 5.02 Å². The van der Waals surface area contributed by atoms with Crippen molar-refractivity contribution in [3.8, 4) is 5.75 Å². The SMILES string of the molecule is CCN(CC)S(=O)(=O)c1ccc(Cl)c(C(=O)N(C)CCOc2ccccc2C)c1. The third-order valence-electron chi connectivity index (χ3n) is 4.64. The molecule has 0 N–H and O–H groups in total. The maximum Gasteiger partial charge on any atom is 0.255 e. The Morgan fingerprint density at radius 1 is 1.10 bits per heavy atom. The first-order valence-electron chi connectivity index (χ1n) is 9.46. The fraction of sp³-hybridized carbons (Fsp3) is 0.381. The second kappa shape index (κ2) is 10.1. The molecule has 0 radical (unpaired) electrons. The number of halogens is 1. The van der Waals surface area contributed by atoms with E-state index >= 15 is 0 Å². The molecule has 1 amide bonds. The summed E-state index contributed by atoms with van der Waals surface area (Å²) < 4.78 is 32.6. The Bertz CT molecular complexity index is 959. The molecule has 6 nitrogen and oxygen atoms in total. The first-order chi connectivity index (χ1) is 13.7. The van der Waals surface area contributed by atoms with Gasteiger partial charge >= 0.3 is 0 Å². The third kappa shape index (κ3) is 5.50. The highest BCUT2D eigenvalue weighted by atomic mass is 35.5. The number of nitrogens with zero attached hydrogens (tertiary/aromatic N) is 2. The van der Waals surface area contributed by atoms with E-state index in [4.69, 9.17) is 16.3 Å². The van der Waals surface area contributed by atoms with Crippen molar-refractivity contribution in [1.82, 2.24) is 9.21 Å². The molecule has 0 bridgehead atoms. The zero-order valence-corrected chi connectivity index (χ0v) is 18.8. The number of likely N-dealkylation sites (N-methyl/N-ethyl adjacent to an activating group) is 1. The molecule has 0 aliphatic carbocycles. The molecule has 0 heterocycles. The number of amides is 1. The minimum Gasteiger partial charge on any atom is -0.491 e. The van der Waals surface area contributed by atoms with Gasteiger partial charge in [-0.25, -0.2) is 8.42 Å². The van der Waals surface area contributed by atoms with Crippen molar-refractivity contribution in [1.29, 1.82) is 0 Å². The minimum atomic E-state index is -3.68. The van der Waals surface area contributed by atoms with Crippen LogP contribution < -0.4 is 4.74 Å². The van der Waals surface area contributed by atoms with Crippen LogP contribution in [-0.2, 0) is 10.0 Å². The lowest BCUT2D eigenvalue weighted by Crippen LogP contribution is -2.32. The molecular weight excluding hydrogens is 412 g/mol. The molecule has 29 heavy (non-hydrogen) atoms. The van der Waals surface area contributed by atoms with E-state index < -0.39 is 10.0 Å². The zero-order chi connectivity index (χ0) is 21.6. The van der Waals surface area contributed by atoms with Gasteiger partial charge in [-0.3, -0.25) is 4.79 Å². The Hall–Kier alpha value is -2.09. The topological polar surface area (TPSA) is 66.9 Å². The number of carbonyl (C=O) groups excluding carboxylic acids is 1. The number of hydrogen-bond acceptors (Lipinski definition) is 4. The highest BCUT2D eigenvalue weighted by Gasteiger charge is 2.24. The van der Waals surface area contributed by atoms with E-state index in [1.54, 1.807) is 20.9 Å². The first kappa shape index (κ1) is 23.2. The molecule has 2 aromatic rings. The standard InChI is InChI=1S/C21H27ClN2O4S/c1-5-24(6-2)29(26,27)17-11-12-19(22)18(15-17)21(25)23(4)13-14-28-20-10-8-7-9-16(20)3/h7-12,15H,5-6,13-14H2,1-4H3. The number of para-hydroxylation sites is 1. The van der Waals surface area contributed by atoms with Gasteiger partial charge in [0.25, 0.3) is 5.91 Å². The average molecular weight is 439 g/mol. The van der Waals surface area contributed by atoms with Gasteiger partial charge in [-0.05, 0) is 36.8 Å². The highest BCUT2D eigenvalue weighted by molar-refractivity contribution is 7.89. The third-order valence-corrected chi connectivity index (χ3v) is 7.01. The Balaban J connectivity index is 2.14. The molecule has 0 aliphatic rings. The second-order valence-electron chi connectivity index (χ2n) is 6.57. The number of aryl methyl sites for hydroxylation is 1. The van der Waals surface area contributed by atoms with E-state index in [1.807, 2.05) is 31.2 Å². The molecule has 0 saturated carbocycles. The Morgan fingerprint density at radius 3 is 2.38 bits per heavy atom. The van der Waals surface area contributed by atoms with Crippen LogP contribution in [0.5, 0.6) is 5.75 Å². The van der Waals surface area contributed by atoms with Crippen molar-refractivity contribution in [2.24, 2.45) is 0 Å². The van der Waals surface area contributed by atoms with Crippen LogP contribution >= 0.6 is 11.6 Å². The van der Waals surface area contributed by atoms with E-state index in [9.17, 15) is 13.2 Å². The van der Waals surface area contributed by atoms with Crippen molar-refractivity contribution >= 4 is 27.5 Å². The van der Waals surface area contributed by atoms with Gasteiger partial charge in [0.15, 0.2) is 0 Å². The summed E-state index contributed by atoms with van der Waals surface area (Å²) in [6, 6.07) is 11.9. The summed E-state index contributed by atoms with van der Waals surface area (Å²) in [6.45, 7) is 6.82. The molecule has 0 spiro atoms. The van der Waals surface area contributed by atoms with E-state index in [-0.39, 0.29) is 21.4 Å². The average Bonchev–Trinajstić information content (AvgIpc) is 2.69. The quantitative estimate of drug-likeness (QED) is 0.596. The molecule has 158 valence electrons. The number of sulfonamides is 1. The number of ether oxygens (including phenoxy) is 1. The summed E-state index contributed by atoms with van der Waals surface area (Å²) in [5.74, 6) is 0.402. The largest absolute Gasteiger partial charge is 0.491 e. The van der Waals surface area contributed by atoms with Crippen LogP contribution in [0.1, 0.15) is 29.8 Å². The Labute approximate surface area is 178 Å². The van der Waals surface area contributed by atoms with E-state index in [0.717, 1.165) is 11.3 Å². The van der Waals surface area contributed by atoms with Crippen molar-refractivity contribution in [2.75, 3.05) is 33.3 Å².